The SMILES string of the molecule is C#Cc1ccc(N2CCN(c3nc4c(c(NC5(CO)CCC5)n3)[S@](=O)CCC4)CC2)cc1. The number of aliphatic hydroxyl groups is 1. The number of aryl methyl sites for hydroxylation is 1. The molecule has 1 saturated heterocycles. The molecule has 3 heterocycles. The molecule has 0 spiro atoms. The van der Waals surface area contributed by atoms with Crippen LogP contribution in [0.4, 0.5) is 17.5 Å². The first-order valence-corrected chi connectivity index (χ1v) is 12.7. The van der Waals surface area contributed by atoms with E-state index in [4.69, 9.17) is 16.4 Å². The fourth-order valence-electron chi connectivity index (χ4n) is 4.70. The molecule has 5 rings (SSSR count). The number of rotatable bonds is 5. The smallest absolute Gasteiger partial charge is 0.227 e. The van der Waals surface area contributed by atoms with Gasteiger partial charge in [-0.1, -0.05) is 5.92 Å². The molecular formula is C24H29N5O2S. The van der Waals surface area contributed by atoms with E-state index < -0.39 is 10.8 Å². The van der Waals surface area contributed by atoms with Gasteiger partial charge in [0.1, 0.15) is 10.7 Å². The summed E-state index contributed by atoms with van der Waals surface area (Å²) in [6.45, 7) is 3.41. The fourth-order valence-corrected chi connectivity index (χ4v) is 6.04. The topological polar surface area (TPSA) is 81.6 Å². The summed E-state index contributed by atoms with van der Waals surface area (Å²) in [5, 5.41) is 13.4. The molecule has 168 valence electrons. The van der Waals surface area contributed by atoms with E-state index in [0.29, 0.717) is 17.5 Å². The van der Waals surface area contributed by atoms with Gasteiger partial charge in [0.05, 0.1) is 28.6 Å². The van der Waals surface area contributed by atoms with Gasteiger partial charge in [0.15, 0.2) is 0 Å². The Morgan fingerprint density at radius 2 is 1.81 bits per heavy atom. The van der Waals surface area contributed by atoms with Crippen molar-refractivity contribution in [2.24, 2.45) is 0 Å². The lowest BCUT2D eigenvalue weighted by Gasteiger charge is -2.42. The first-order chi connectivity index (χ1) is 15.6. The minimum atomic E-state index is -1.10. The zero-order chi connectivity index (χ0) is 22.1. The zero-order valence-electron chi connectivity index (χ0n) is 18.2. The quantitative estimate of drug-likeness (QED) is 0.674. The lowest BCUT2D eigenvalue weighted by atomic mass is 9.77. The second-order valence-corrected chi connectivity index (χ2v) is 10.4. The van der Waals surface area contributed by atoms with Gasteiger partial charge in [-0.05, 0) is 56.4 Å². The molecule has 2 aromatic rings. The number of aliphatic hydroxyl groups excluding tert-OH is 1. The van der Waals surface area contributed by atoms with E-state index in [-0.39, 0.29) is 12.1 Å². The number of benzene rings is 1. The first-order valence-electron chi connectivity index (χ1n) is 11.4. The second-order valence-electron chi connectivity index (χ2n) is 8.88. The monoisotopic (exact) mass is 451 g/mol. The van der Waals surface area contributed by atoms with Crippen molar-refractivity contribution in [3.8, 4) is 12.3 Å². The van der Waals surface area contributed by atoms with Crippen LogP contribution in [0.15, 0.2) is 29.2 Å². The van der Waals surface area contributed by atoms with E-state index in [9.17, 15) is 9.32 Å². The Morgan fingerprint density at radius 3 is 2.44 bits per heavy atom. The van der Waals surface area contributed by atoms with Gasteiger partial charge in [0.25, 0.3) is 0 Å². The van der Waals surface area contributed by atoms with Crippen LogP contribution < -0.4 is 15.1 Å². The summed E-state index contributed by atoms with van der Waals surface area (Å²) in [4.78, 5) is 15.0. The average molecular weight is 452 g/mol. The third-order valence-electron chi connectivity index (χ3n) is 6.85. The molecule has 0 radical (unpaired) electrons. The van der Waals surface area contributed by atoms with Crippen LogP contribution in [0.25, 0.3) is 0 Å². The summed E-state index contributed by atoms with van der Waals surface area (Å²) in [6, 6.07) is 8.10. The number of aromatic nitrogens is 2. The van der Waals surface area contributed by atoms with Crippen LogP contribution in [0.5, 0.6) is 0 Å². The van der Waals surface area contributed by atoms with Gasteiger partial charge in [-0.2, -0.15) is 4.98 Å². The van der Waals surface area contributed by atoms with E-state index >= 15 is 0 Å². The Bertz CT molecular complexity index is 1050. The normalized spacial score (nSPS) is 21.9. The predicted octanol–water partition coefficient (Wildman–Crippen LogP) is 2.17. The van der Waals surface area contributed by atoms with Crippen LogP contribution in [0.1, 0.15) is 36.9 Å². The molecule has 0 amide bonds. The maximum Gasteiger partial charge on any atom is 0.227 e. The zero-order valence-corrected chi connectivity index (χ0v) is 19.0. The lowest BCUT2D eigenvalue weighted by Crippen LogP contribution is -2.49. The number of fused-ring (bicyclic) bond motifs is 1. The summed E-state index contributed by atoms with van der Waals surface area (Å²) in [7, 11) is -1.10. The van der Waals surface area contributed by atoms with Crippen molar-refractivity contribution in [3.05, 3.63) is 35.5 Å². The second kappa shape index (κ2) is 8.72. The van der Waals surface area contributed by atoms with Crippen molar-refractivity contribution < 1.29 is 9.32 Å². The van der Waals surface area contributed by atoms with E-state index in [0.717, 1.165) is 74.4 Å². The number of hydrogen-bond acceptors (Lipinski definition) is 7. The van der Waals surface area contributed by atoms with Crippen molar-refractivity contribution in [2.75, 3.05) is 53.7 Å². The molecule has 7 nitrogen and oxygen atoms in total. The Labute approximate surface area is 191 Å². The molecule has 32 heavy (non-hydrogen) atoms. The van der Waals surface area contributed by atoms with Gasteiger partial charge in [-0.3, -0.25) is 4.21 Å². The Balaban J connectivity index is 1.37. The highest BCUT2D eigenvalue weighted by Gasteiger charge is 2.38. The van der Waals surface area contributed by atoms with Crippen molar-refractivity contribution >= 4 is 28.3 Å². The molecule has 2 N–H and O–H groups in total. The van der Waals surface area contributed by atoms with Gasteiger partial charge in [-0.25, -0.2) is 4.98 Å². The summed E-state index contributed by atoms with van der Waals surface area (Å²) in [6.07, 6.45) is 10.1. The van der Waals surface area contributed by atoms with Gasteiger partial charge in [-0.15, -0.1) is 6.42 Å². The van der Waals surface area contributed by atoms with E-state index in [2.05, 4.69) is 33.2 Å². The average Bonchev–Trinajstić information content (AvgIpc) is 2.81. The third kappa shape index (κ3) is 3.96. The standard InChI is InChI=1S/C24H29N5O2S/c1-2-18-6-8-19(9-7-18)28-12-14-29(15-13-28)23-25-20-5-3-16-32(31)21(20)22(26-23)27-24(17-30)10-4-11-24/h1,6-9,30H,3-5,10-17H2,(H,25,26,27)/t32-/m1/s1. The third-order valence-corrected chi connectivity index (χ3v) is 8.40. The highest BCUT2D eigenvalue weighted by Crippen LogP contribution is 2.38. The van der Waals surface area contributed by atoms with Crippen molar-refractivity contribution in [1.82, 2.24) is 9.97 Å². The molecule has 1 aromatic carbocycles. The van der Waals surface area contributed by atoms with Gasteiger partial charge in [0.2, 0.25) is 5.95 Å². The van der Waals surface area contributed by atoms with Crippen molar-refractivity contribution in [1.29, 1.82) is 0 Å². The van der Waals surface area contributed by atoms with Crippen molar-refractivity contribution in [2.45, 2.75) is 42.5 Å². The minimum Gasteiger partial charge on any atom is -0.394 e. The minimum absolute atomic E-state index is 0.0604. The molecule has 1 aliphatic carbocycles. The largest absolute Gasteiger partial charge is 0.394 e. The molecule has 8 heteroatoms. The number of hydrogen-bond donors (Lipinski definition) is 2. The maximum absolute atomic E-state index is 12.8. The molecule has 1 atom stereocenters. The Kier molecular flexibility index (Phi) is 5.78. The number of anilines is 3. The summed E-state index contributed by atoms with van der Waals surface area (Å²) in [5.74, 6) is 4.66. The number of piperazine rings is 1. The summed E-state index contributed by atoms with van der Waals surface area (Å²) < 4.78 is 12.8. The van der Waals surface area contributed by atoms with Crippen LogP contribution in [-0.4, -0.2) is 63.4 Å². The summed E-state index contributed by atoms with van der Waals surface area (Å²) >= 11 is 0. The Hall–Kier alpha value is -2.63. The van der Waals surface area contributed by atoms with Crippen LogP contribution >= 0.6 is 0 Å². The molecular weight excluding hydrogens is 422 g/mol. The molecule has 2 fully saturated rings. The van der Waals surface area contributed by atoms with E-state index in [1.54, 1.807) is 0 Å². The lowest BCUT2D eigenvalue weighted by molar-refractivity contribution is 0.143. The van der Waals surface area contributed by atoms with E-state index in [1.807, 2.05) is 12.1 Å². The predicted molar refractivity (Wildman–Crippen MR) is 128 cm³/mol. The highest BCUT2D eigenvalue weighted by atomic mass is 32.2. The van der Waals surface area contributed by atoms with Gasteiger partial charge < -0.3 is 20.2 Å². The van der Waals surface area contributed by atoms with Gasteiger partial charge in [0, 0.05) is 43.2 Å². The van der Waals surface area contributed by atoms with Gasteiger partial charge >= 0.3 is 0 Å². The number of nitrogens with one attached hydrogen (secondary N) is 1. The highest BCUT2D eigenvalue weighted by molar-refractivity contribution is 7.85. The maximum atomic E-state index is 12.8. The number of terminal acetylenes is 1. The van der Waals surface area contributed by atoms with Crippen LogP contribution in [0.2, 0.25) is 0 Å². The first kappa shape index (κ1) is 21.2. The molecule has 2 aliphatic heterocycles. The molecule has 3 aliphatic rings. The summed E-state index contributed by atoms with van der Waals surface area (Å²) in [5.41, 5.74) is 2.61. The molecule has 1 aromatic heterocycles. The molecule has 0 bridgehead atoms. The molecule has 0 unspecified atom stereocenters. The van der Waals surface area contributed by atoms with Crippen molar-refractivity contribution in [3.63, 3.8) is 0 Å². The molecule has 1 saturated carbocycles. The van der Waals surface area contributed by atoms with Crippen LogP contribution in [0, 0.1) is 12.3 Å². The Morgan fingerprint density at radius 1 is 1.09 bits per heavy atom. The van der Waals surface area contributed by atoms with E-state index in [1.165, 1.54) is 5.69 Å². The van der Waals surface area contributed by atoms with Crippen LogP contribution in [0.3, 0.4) is 0 Å². The fraction of sp³-hybridized carbons (Fsp3) is 0.500. The van der Waals surface area contributed by atoms with Crippen LogP contribution in [-0.2, 0) is 17.2 Å². The number of nitrogens with zero attached hydrogens (tertiary/aromatic N) is 4.